The molecule has 110 valence electrons. The van der Waals surface area contributed by atoms with Gasteiger partial charge in [0.25, 0.3) is 0 Å². The lowest BCUT2D eigenvalue weighted by atomic mass is 10.1. The van der Waals surface area contributed by atoms with Gasteiger partial charge < -0.3 is 15.8 Å². The molecule has 0 aliphatic heterocycles. The highest BCUT2D eigenvalue weighted by Crippen LogP contribution is 2.12. The summed E-state index contributed by atoms with van der Waals surface area (Å²) in [4.78, 5) is 8.88. The Morgan fingerprint density at radius 2 is 2.00 bits per heavy atom. The van der Waals surface area contributed by atoms with Gasteiger partial charge in [0.1, 0.15) is 16.4 Å². The van der Waals surface area contributed by atoms with Crippen molar-refractivity contribution in [1.82, 2.24) is 9.97 Å². The molecule has 0 saturated heterocycles. The van der Waals surface area contributed by atoms with Crippen LogP contribution in [0.3, 0.4) is 0 Å². The molecule has 0 amide bonds. The maximum atomic E-state index is 5.60. The predicted molar refractivity (Wildman–Crippen MR) is 87.8 cm³/mol. The third-order valence-corrected chi connectivity index (χ3v) is 3.17. The minimum absolute atomic E-state index is 0.277. The molecule has 2 rings (SSSR count). The molecule has 2 aromatic rings. The van der Waals surface area contributed by atoms with Gasteiger partial charge in [-0.1, -0.05) is 24.4 Å². The number of nitrogens with two attached hydrogens (primary N) is 1. The van der Waals surface area contributed by atoms with Crippen molar-refractivity contribution >= 4 is 23.2 Å². The molecule has 1 aromatic carbocycles. The number of rotatable bonds is 6. The van der Waals surface area contributed by atoms with E-state index >= 15 is 0 Å². The summed E-state index contributed by atoms with van der Waals surface area (Å²) in [5, 5.41) is 3.19. The van der Waals surface area contributed by atoms with E-state index in [0.29, 0.717) is 11.6 Å². The van der Waals surface area contributed by atoms with Gasteiger partial charge in [-0.25, -0.2) is 9.97 Å². The summed E-state index contributed by atoms with van der Waals surface area (Å²) < 4.78 is 5.13. The third kappa shape index (κ3) is 4.39. The summed E-state index contributed by atoms with van der Waals surface area (Å²) in [6, 6.07) is 9.75. The molecule has 0 saturated carbocycles. The van der Waals surface area contributed by atoms with E-state index in [4.69, 9.17) is 22.7 Å². The molecule has 0 spiro atoms. The van der Waals surface area contributed by atoms with Crippen molar-refractivity contribution in [2.24, 2.45) is 5.73 Å². The molecule has 21 heavy (non-hydrogen) atoms. The Hall–Kier alpha value is -2.21. The van der Waals surface area contributed by atoms with Crippen LogP contribution in [0.15, 0.2) is 30.3 Å². The first kappa shape index (κ1) is 15.2. The molecule has 0 aliphatic carbocycles. The Morgan fingerprint density at radius 3 is 2.62 bits per heavy atom. The molecule has 0 bridgehead atoms. The normalized spacial score (nSPS) is 10.2. The highest BCUT2D eigenvalue weighted by molar-refractivity contribution is 7.80. The quantitative estimate of drug-likeness (QED) is 0.796. The minimum atomic E-state index is 0.277. The van der Waals surface area contributed by atoms with Crippen LogP contribution in [-0.2, 0) is 6.42 Å². The molecule has 1 aromatic heterocycles. The zero-order chi connectivity index (χ0) is 15.2. The number of nitrogens with one attached hydrogen (secondary N) is 1. The molecular formula is C15H18N4OS. The zero-order valence-corrected chi connectivity index (χ0v) is 12.9. The smallest absolute Gasteiger partial charge is 0.223 e. The zero-order valence-electron chi connectivity index (χ0n) is 12.1. The second-order valence-electron chi connectivity index (χ2n) is 4.61. The fourth-order valence-electron chi connectivity index (χ4n) is 1.88. The fourth-order valence-corrected chi connectivity index (χ4v) is 1.99. The largest absolute Gasteiger partial charge is 0.497 e. The Balaban J connectivity index is 1.95. The van der Waals surface area contributed by atoms with Crippen molar-refractivity contribution in [2.75, 3.05) is 19.0 Å². The van der Waals surface area contributed by atoms with Gasteiger partial charge in [0.05, 0.1) is 7.11 Å². The number of hydrogen-bond acceptors (Lipinski definition) is 5. The van der Waals surface area contributed by atoms with Crippen molar-refractivity contribution in [3.63, 3.8) is 0 Å². The average molecular weight is 302 g/mol. The molecule has 0 fully saturated rings. The van der Waals surface area contributed by atoms with Crippen LogP contribution in [0.2, 0.25) is 0 Å². The lowest BCUT2D eigenvalue weighted by Crippen LogP contribution is -2.15. The molecule has 3 N–H and O–H groups in total. The number of nitrogens with zero attached hydrogens (tertiary/aromatic N) is 2. The molecule has 0 aliphatic rings. The average Bonchev–Trinajstić information content (AvgIpc) is 2.47. The van der Waals surface area contributed by atoms with Crippen LogP contribution in [-0.4, -0.2) is 28.6 Å². The lowest BCUT2D eigenvalue weighted by Gasteiger charge is -2.08. The van der Waals surface area contributed by atoms with E-state index in [1.54, 1.807) is 13.2 Å². The van der Waals surface area contributed by atoms with E-state index in [2.05, 4.69) is 15.3 Å². The third-order valence-electron chi connectivity index (χ3n) is 2.96. The summed E-state index contributed by atoms with van der Waals surface area (Å²) in [5.74, 6) is 1.40. The van der Waals surface area contributed by atoms with Crippen LogP contribution >= 0.6 is 12.2 Å². The van der Waals surface area contributed by atoms with E-state index in [1.165, 1.54) is 5.56 Å². The van der Waals surface area contributed by atoms with Crippen LogP contribution in [0.4, 0.5) is 5.95 Å². The summed E-state index contributed by atoms with van der Waals surface area (Å²) in [7, 11) is 1.66. The molecule has 6 heteroatoms. The Morgan fingerprint density at radius 1 is 1.29 bits per heavy atom. The number of aromatic nitrogens is 2. The van der Waals surface area contributed by atoms with E-state index < -0.39 is 0 Å². The van der Waals surface area contributed by atoms with Gasteiger partial charge in [0, 0.05) is 12.2 Å². The number of thiocarbonyl (C=S) groups is 1. The summed E-state index contributed by atoms with van der Waals surface area (Å²) in [6.07, 6.45) is 0.865. The molecule has 0 radical (unpaired) electrons. The van der Waals surface area contributed by atoms with Gasteiger partial charge in [-0.05, 0) is 37.1 Å². The highest BCUT2D eigenvalue weighted by Gasteiger charge is 2.04. The topological polar surface area (TPSA) is 73.1 Å². The Kier molecular flexibility index (Phi) is 5.05. The van der Waals surface area contributed by atoms with E-state index in [1.807, 2.05) is 31.2 Å². The molecule has 1 heterocycles. The number of benzene rings is 1. The maximum Gasteiger partial charge on any atom is 0.223 e. The Labute approximate surface area is 129 Å². The first-order valence-electron chi connectivity index (χ1n) is 6.61. The predicted octanol–water partition coefficient (Wildman–Crippen LogP) is 2.08. The molecule has 5 nitrogen and oxygen atoms in total. The van der Waals surface area contributed by atoms with Gasteiger partial charge in [0.15, 0.2) is 0 Å². The van der Waals surface area contributed by atoms with Crippen molar-refractivity contribution in [3.05, 3.63) is 47.3 Å². The summed E-state index contributed by atoms with van der Waals surface area (Å²) >= 11 is 4.94. The first-order chi connectivity index (χ1) is 10.1. The summed E-state index contributed by atoms with van der Waals surface area (Å²) in [6.45, 7) is 2.62. The summed E-state index contributed by atoms with van der Waals surface area (Å²) in [5.41, 5.74) is 8.23. The van der Waals surface area contributed by atoms with Gasteiger partial charge >= 0.3 is 0 Å². The number of hydrogen-bond donors (Lipinski definition) is 2. The van der Waals surface area contributed by atoms with Crippen molar-refractivity contribution in [2.45, 2.75) is 13.3 Å². The number of anilines is 1. The highest BCUT2D eigenvalue weighted by atomic mass is 32.1. The SMILES string of the molecule is COc1ccc(CCNc2nc(C)cc(C(N)=S)n2)cc1. The number of methoxy groups -OCH3 is 1. The number of aryl methyl sites for hydroxylation is 1. The van der Waals surface area contributed by atoms with Crippen LogP contribution < -0.4 is 15.8 Å². The molecule has 0 atom stereocenters. The fraction of sp³-hybridized carbons (Fsp3) is 0.267. The second-order valence-corrected chi connectivity index (χ2v) is 5.05. The monoisotopic (exact) mass is 302 g/mol. The van der Waals surface area contributed by atoms with Crippen LogP contribution in [0, 0.1) is 6.92 Å². The molecule has 0 unspecified atom stereocenters. The van der Waals surface area contributed by atoms with Crippen molar-refractivity contribution < 1.29 is 4.74 Å². The van der Waals surface area contributed by atoms with Gasteiger partial charge in [-0.2, -0.15) is 0 Å². The molecular weight excluding hydrogens is 284 g/mol. The van der Waals surface area contributed by atoms with Gasteiger partial charge in [-0.15, -0.1) is 0 Å². The maximum absolute atomic E-state index is 5.60. The van der Waals surface area contributed by atoms with Crippen LogP contribution in [0.1, 0.15) is 17.0 Å². The first-order valence-corrected chi connectivity index (χ1v) is 7.01. The van der Waals surface area contributed by atoms with Crippen molar-refractivity contribution in [3.8, 4) is 5.75 Å². The van der Waals surface area contributed by atoms with Gasteiger partial charge in [0.2, 0.25) is 5.95 Å². The standard InChI is InChI=1S/C15H18N4OS/c1-10-9-13(14(16)21)19-15(18-10)17-8-7-11-3-5-12(20-2)6-4-11/h3-6,9H,7-8H2,1-2H3,(H2,16,21)(H,17,18,19). The van der Waals surface area contributed by atoms with E-state index in [0.717, 1.165) is 24.4 Å². The lowest BCUT2D eigenvalue weighted by molar-refractivity contribution is 0.414. The van der Waals surface area contributed by atoms with Crippen LogP contribution in [0.5, 0.6) is 5.75 Å². The number of ether oxygens (including phenoxy) is 1. The minimum Gasteiger partial charge on any atom is -0.497 e. The van der Waals surface area contributed by atoms with Crippen LogP contribution in [0.25, 0.3) is 0 Å². The van der Waals surface area contributed by atoms with Crippen molar-refractivity contribution in [1.29, 1.82) is 0 Å². The van der Waals surface area contributed by atoms with E-state index in [9.17, 15) is 0 Å². The second kappa shape index (κ2) is 6.99. The van der Waals surface area contributed by atoms with E-state index in [-0.39, 0.29) is 4.99 Å². The van der Waals surface area contributed by atoms with Gasteiger partial charge in [-0.3, -0.25) is 0 Å². The Bertz CT molecular complexity index is 628.